The van der Waals surface area contributed by atoms with Gasteiger partial charge in [0.25, 0.3) is 5.91 Å². The van der Waals surface area contributed by atoms with Gasteiger partial charge in [-0.25, -0.2) is 0 Å². The normalized spacial score (nSPS) is 16.1. The summed E-state index contributed by atoms with van der Waals surface area (Å²) < 4.78 is 5.49. The molecule has 146 valence electrons. The molecule has 7 heteroatoms. The molecule has 0 aliphatic carbocycles. The van der Waals surface area contributed by atoms with Crippen LogP contribution in [0.4, 0.5) is 11.4 Å². The van der Waals surface area contributed by atoms with Gasteiger partial charge < -0.3 is 20.1 Å². The van der Waals surface area contributed by atoms with Crippen LogP contribution in [0, 0.1) is 19.8 Å². The van der Waals surface area contributed by atoms with Crippen LogP contribution >= 0.6 is 0 Å². The molecule has 0 aromatic heterocycles. The van der Waals surface area contributed by atoms with E-state index in [9.17, 15) is 14.4 Å². The Morgan fingerprint density at radius 2 is 1.79 bits per heavy atom. The minimum Gasteiger partial charge on any atom is -0.484 e. The summed E-state index contributed by atoms with van der Waals surface area (Å²) in [5.74, 6) is -1.65. The molecule has 1 fully saturated rings. The van der Waals surface area contributed by atoms with Gasteiger partial charge in [-0.1, -0.05) is 6.07 Å². The summed E-state index contributed by atoms with van der Waals surface area (Å²) in [6.07, 6.45) is 0.00614. The molecule has 0 spiro atoms. The highest BCUT2D eigenvalue weighted by Crippen LogP contribution is 2.27. The number of rotatable bonds is 6. The van der Waals surface area contributed by atoms with E-state index in [4.69, 9.17) is 9.84 Å². The SMILES string of the molecule is Cc1cc(C)cc(NC(=O)COc2ccc(N3C[C@@H](C(=O)O)CC3=O)cc2)c1. The van der Waals surface area contributed by atoms with Gasteiger partial charge in [-0.2, -0.15) is 0 Å². The summed E-state index contributed by atoms with van der Waals surface area (Å²) in [7, 11) is 0. The Balaban J connectivity index is 1.55. The molecule has 1 saturated heterocycles. The average molecular weight is 382 g/mol. The summed E-state index contributed by atoms with van der Waals surface area (Å²) in [5.41, 5.74) is 3.46. The fraction of sp³-hybridized carbons (Fsp3) is 0.286. The lowest BCUT2D eigenvalue weighted by Gasteiger charge is -2.16. The van der Waals surface area contributed by atoms with Crippen molar-refractivity contribution in [1.82, 2.24) is 0 Å². The maximum atomic E-state index is 12.1. The maximum Gasteiger partial charge on any atom is 0.308 e. The molecule has 1 heterocycles. The quantitative estimate of drug-likeness (QED) is 0.801. The number of nitrogens with zero attached hydrogens (tertiary/aromatic N) is 1. The smallest absolute Gasteiger partial charge is 0.308 e. The summed E-state index contributed by atoms with van der Waals surface area (Å²) in [6, 6.07) is 12.5. The zero-order valence-corrected chi connectivity index (χ0v) is 15.8. The van der Waals surface area contributed by atoms with Gasteiger partial charge in [0.05, 0.1) is 5.92 Å². The van der Waals surface area contributed by atoms with E-state index in [1.165, 1.54) is 4.90 Å². The predicted octanol–water partition coefficient (Wildman–Crippen LogP) is 2.76. The molecule has 2 amide bonds. The fourth-order valence-corrected chi connectivity index (χ4v) is 3.24. The number of benzene rings is 2. The second kappa shape index (κ2) is 8.12. The van der Waals surface area contributed by atoms with Gasteiger partial charge in [-0.15, -0.1) is 0 Å². The summed E-state index contributed by atoms with van der Waals surface area (Å²) in [6.45, 7) is 3.94. The van der Waals surface area contributed by atoms with Gasteiger partial charge in [0.15, 0.2) is 6.61 Å². The highest BCUT2D eigenvalue weighted by molar-refractivity contribution is 5.99. The zero-order valence-electron chi connectivity index (χ0n) is 15.8. The van der Waals surface area contributed by atoms with E-state index in [1.54, 1.807) is 24.3 Å². The Hall–Kier alpha value is -3.35. The number of aliphatic carboxylic acids is 1. The van der Waals surface area contributed by atoms with E-state index in [0.717, 1.165) is 16.8 Å². The number of nitrogens with one attached hydrogen (secondary N) is 1. The summed E-state index contributed by atoms with van der Waals surface area (Å²) in [5, 5.41) is 11.9. The molecule has 0 radical (unpaired) electrons. The van der Waals surface area contributed by atoms with E-state index in [1.807, 2.05) is 32.0 Å². The molecule has 2 N–H and O–H groups in total. The monoisotopic (exact) mass is 382 g/mol. The van der Waals surface area contributed by atoms with Crippen LogP contribution in [0.1, 0.15) is 17.5 Å². The molecule has 0 bridgehead atoms. The van der Waals surface area contributed by atoms with E-state index in [2.05, 4.69) is 5.32 Å². The van der Waals surface area contributed by atoms with Crippen LogP contribution < -0.4 is 15.0 Å². The first-order valence-corrected chi connectivity index (χ1v) is 8.96. The lowest BCUT2D eigenvalue weighted by molar-refractivity contribution is -0.141. The summed E-state index contributed by atoms with van der Waals surface area (Å²) in [4.78, 5) is 36.6. The number of hydrogen-bond acceptors (Lipinski definition) is 4. The molecule has 2 aromatic rings. The Morgan fingerprint density at radius 1 is 1.14 bits per heavy atom. The average Bonchev–Trinajstić information content (AvgIpc) is 3.02. The molecule has 3 rings (SSSR count). The van der Waals surface area contributed by atoms with Crippen molar-refractivity contribution in [2.45, 2.75) is 20.3 Å². The minimum absolute atomic E-state index is 0.00614. The molecule has 28 heavy (non-hydrogen) atoms. The van der Waals surface area contributed by atoms with E-state index in [0.29, 0.717) is 11.4 Å². The van der Waals surface area contributed by atoms with Crippen molar-refractivity contribution in [2.75, 3.05) is 23.4 Å². The first-order chi connectivity index (χ1) is 13.3. The molecular formula is C21H22N2O5. The molecule has 0 saturated carbocycles. The number of amides is 2. The number of aryl methyl sites for hydroxylation is 2. The number of carbonyl (C=O) groups excluding carboxylic acids is 2. The van der Waals surface area contributed by atoms with E-state index >= 15 is 0 Å². The number of anilines is 2. The van der Waals surface area contributed by atoms with Crippen molar-refractivity contribution in [1.29, 1.82) is 0 Å². The van der Waals surface area contributed by atoms with Gasteiger partial charge in [-0.3, -0.25) is 14.4 Å². The van der Waals surface area contributed by atoms with Gasteiger partial charge in [-0.05, 0) is 61.4 Å². The van der Waals surface area contributed by atoms with Gasteiger partial charge in [0.1, 0.15) is 5.75 Å². The van der Waals surface area contributed by atoms with Gasteiger partial charge >= 0.3 is 5.97 Å². The molecule has 1 aliphatic heterocycles. The Morgan fingerprint density at radius 3 is 2.36 bits per heavy atom. The van der Waals surface area contributed by atoms with E-state index in [-0.39, 0.29) is 31.4 Å². The number of carboxylic acids is 1. The number of carboxylic acid groups (broad SMARTS) is 1. The lowest BCUT2D eigenvalue weighted by atomic mass is 10.1. The largest absolute Gasteiger partial charge is 0.484 e. The van der Waals surface area contributed by atoms with Gasteiger partial charge in [0, 0.05) is 24.3 Å². The molecular weight excluding hydrogens is 360 g/mol. The highest BCUT2D eigenvalue weighted by atomic mass is 16.5. The predicted molar refractivity (Wildman–Crippen MR) is 105 cm³/mol. The van der Waals surface area contributed by atoms with Crippen LogP contribution in [-0.4, -0.2) is 36.0 Å². The molecule has 0 unspecified atom stereocenters. The van der Waals surface area contributed by atoms with Crippen LogP contribution in [0.5, 0.6) is 5.75 Å². The molecule has 1 atom stereocenters. The van der Waals surface area contributed by atoms with Crippen molar-refractivity contribution in [3.8, 4) is 5.75 Å². The van der Waals surface area contributed by atoms with Crippen molar-refractivity contribution < 1.29 is 24.2 Å². The van der Waals surface area contributed by atoms with E-state index < -0.39 is 11.9 Å². The molecule has 1 aliphatic rings. The third kappa shape index (κ3) is 4.68. The lowest BCUT2D eigenvalue weighted by Crippen LogP contribution is -2.25. The summed E-state index contributed by atoms with van der Waals surface area (Å²) >= 11 is 0. The van der Waals surface area contributed by atoms with Crippen molar-refractivity contribution in [2.24, 2.45) is 5.92 Å². The first-order valence-electron chi connectivity index (χ1n) is 8.96. The van der Waals surface area contributed by atoms with Crippen molar-refractivity contribution >= 4 is 29.2 Å². The van der Waals surface area contributed by atoms with Gasteiger partial charge in [0.2, 0.25) is 5.91 Å². The molecule has 2 aromatic carbocycles. The van der Waals surface area contributed by atoms with Crippen molar-refractivity contribution in [3.05, 3.63) is 53.6 Å². The second-order valence-corrected chi connectivity index (χ2v) is 6.95. The van der Waals surface area contributed by atoms with Crippen LogP contribution in [-0.2, 0) is 14.4 Å². The first kappa shape index (κ1) is 19.4. The zero-order chi connectivity index (χ0) is 20.3. The molecule has 7 nitrogen and oxygen atoms in total. The van der Waals surface area contributed by atoms with Crippen LogP contribution in [0.3, 0.4) is 0 Å². The Kier molecular flexibility index (Phi) is 5.63. The van der Waals surface area contributed by atoms with Crippen molar-refractivity contribution in [3.63, 3.8) is 0 Å². The minimum atomic E-state index is -0.967. The van der Waals surface area contributed by atoms with Crippen LogP contribution in [0.15, 0.2) is 42.5 Å². The number of ether oxygens (including phenoxy) is 1. The standard InChI is InChI=1S/C21H22N2O5/c1-13-7-14(2)9-16(8-13)22-19(24)12-28-18-5-3-17(4-6-18)23-11-15(21(26)27)10-20(23)25/h3-9,15H,10-12H2,1-2H3,(H,22,24)(H,26,27)/t15-/m0/s1. The fourth-order valence-electron chi connectivity index (χ4n) is 3.24. The van der Waals surface area contributed by atoms with Crippen LogP contribution in [0.25, 0.3) is 0 Å². The second-order valence-electron chi connectivity index (χ2n) is 6.95. The third-order valence-corrected chi connectivity index (χ3v) is 4.50. The maximum absolute atomic E-state index is 12.1. The van der Waals surface area contributed by atoms with Crippen LogP contribution in [0.2, 0.25) is 0 Å². The number of hydrogen-bond donors (Lipinski definition) is 2. The topological polar surface area (TPSA) is 95.9 Å². The number of carbonyl (C=O) groups is 3. The Labute approximate surface area is 162 Å². The third-order valence-electron chi connectivity index (χ3n) is 4.50. The highest BCUT2D eigenvalue weighted by Gasteiger charge is 2.34. The Bertz CT molecular complexity index is 887.